The van der Waals surface area contributed by atoms with E-state index in [1.165, 1.54) is 0 Å². The standard InChI is InChI=1S/C5H11NO2.C2H6/c1-3-4(6-2)5(7)8;1-2/h4,6H,3H2,1-2H3,(H,7,8);1-2H3. The number of carboxylic acid groups (broad SMARTS) is 1. The average Bonchev–Trinajstić information content (AvgIpc) is 1.94. The summed E-state index contributed by atoms with van der Waals surface area (Å²) in [6.07, 6.45) is 0.631. The van der Waals surface area contributed by atoms with E-state index in [4.69, 9.17) is 5.11 Å². The highest BCUT2D eigenvalue weighted by atomic mass is 16.4. The first-order chi connectivity index (χ1) is 4.72. The summed E-state index contributed by atoms with van der Waals surface area (Å²) in [5.41, 5.74) is 0. The first-order valence-corrected chi connectivity index (χ1v) is 3.62. The molecule has 1 unspecified atom stereocenters. The molecular formula is C7H17NO2. The Balaban J connectivity index is 0. The van der Waals surface area contributed by atoms with E-state index in [9.17, 15) is 4.79 Å². The van der Waals surface area contributed by atoms with E-state index in [2.05, 4.69) is 5.32 Å². The van der Waals surface area contributed by atoms with Crippen molar-refractivity contribution in [2.24, 2.45) is 0 Å². The van der Waals surface area contributed by atoms with Crippen molar-refractivity contribution in [3.63, 3.8) is 0 Å². The molecule has 0 rings (SSSR count). The van der Waals surface area contributed by atoms with Crippen LogP contribution in [0.15, 0.2) is 0 Å². The fraction of sp³-hybridized carbons (Fsp3) is 0.857. The minimum atomic E-state index is -0.782. The third-order valence-corrected chi connectivity index (χ3v) is 1.05. The van der Waals surface area contributed by atoms with Crippen LogP contribution in [0.25, 0.3) is 0 Å². The molecule has 0 amide bonds. The summed E-state index contributed by atoms with van der Waals surface area (Å²) in [6, 6.07) is -0.380. The van der Waals surface area contributed by atoms with Gasteiger partial charge in [-0.25, -0.2) is 0 Å². The first kappa shape index (κ1) is 12.1. The Bertz CT molecular complexity index is 79.7. The molecule has 3 nitrogen and oxygen atoms in total. The third-order valence-electron chi connectivity index (χ3n) is 1.05. The number of aliphatic carboxylic acids is 1. The van der Waals surface area contributed by atoms with Crippen molar-refractivity contribution in [3.05, 3.63) is 0 Å². The number of carboxylic acids is 1. The van der Waals surface area contributed by atoms with Crippen LogP contribution in [0.4, 0.5) is 0 Å². The molecule has 0 aromatic carbocycles. The molecule has 3 heteroatoms. The highest BCUT2D eigenvalue weighted by Crippen LogP contribution is 1.86. The van der Waals surface area contributed by atoms with Gasteiger partial charge in [0.25, 0.3) is 0 Å². The number of likely N-dealkylation sites (N-methyl/N-ethyl adjacent to an activating group) is 1. The first-order valence-electron chi connectivity index (χ1n) is 3.62. The van der Waals surface area contributed by atoms with Crippen LogP contribution in [0.5, 0.6) is 0 Å². The summed E-state index contributed by atoms with van der Waals surface area (Å²) < 4.78 is 0. The summed E-state index contributed by atoms with van der Waals surface area (Å²) >= 11 is 0. The quantitative estimate of drug-likeness (QED) is 0.628. The van der Waals surface area contributed by atoms with Crippen molar-refractivity contribution in [2.75, 3.05) is 7.05 Å². The summed E-state index contributed by atoms with van der Waals surface area (Å²) in [5, 5.41) is 11.0. The van der Waals surface area contributed by atoms with Crippen LogP contribution in [0.1, 0.15) is 27.2 Å². The zero-order chi connectivity index (χ0) is 8.57. The highest BCUT2D eigenvalue weighted by Gasteiger charge is 2.09. The van der Waals surface area contributed by atoms with E-state index in [-0.39, 0.29) is 6.04 Å². The molecule has 0 aromatic heterocycles. The fourth-order valence-electron chi connectivity index (χ4n) is 0.502. The molecule has 62 valence electrons. The molecule has 0 radical (unpaired) electrons. The third kappa shape index (κ3) is 5.56. The minimum Gasteiger partial charge on any atom is -0.480 e. The normalized spacial score (nSPS) is 11.2. The lowest BCUT2D eigenvalue weighted by Crippen LogP contribution is -2.32. The molecule has 0 spiro atoms. The maximum atomic E-state index is 10.1. The van der Waals surface area contributed by atoms with Crippen molar-refractivity contribution in [1.29, 1.82) is 0 Å². The van der Waals surface area contributed by atoms with Crippen LogP contribution >= 0.6 is 0 Å². The van der Waals surface area contributed by atoms with Crippen molar-refractivity contribution in [2.45, 2.75) is 33.2 Å². The summed E-state index contributed by atoms with van der Waals surface area (Å²) in [4.78, 5) is 10.1. The molecule has 0 heterocycles. The van der Waals surface area contributed by atoms with Crippen molar-refractivity contribution in [1.82, 2.24) is 5.32 Å². The van der Waals surface area contributed by atoms with Gasteiger partial charge in [-0.2, -0.15) is 0 Å². The number of rotatable bonds is 3. The van der Waals surface area contributed by atoms with Crippen LogP contribution in [-0.4, -0.2) is 24.2 Å². The molecule has 0 aliphatic heterocycles. The molecule has 0 saturated heterocycles. The molecule has 0 aliphatic carbocycles. The van der Waals surface area contributed by atoms with E-state index in [1.54, 1.807) is 7.05 Å². The summed E-state index contributed by atoms with van der Waals surface area (Å²) in [6.45, 7) is 5.83. The van der Waals surface area contributed by atoms with Gasteiger partial charge in [0.05, 0.1) is 0 Å². The van der Waals surface area contributed by atoms with Gasteiger partial charge in [0.15, 0.2) is 0 Å². The van der Waals surface area contributed by atoms with Crippen LogP contribution in [0.3, 0.4) is 0 Å². The van der Waals surface area contributed by atoms with E-state index in [0.717, 1.165) is 0 Å². The molecular weight excluding hydrogens is 130 g/mol. The second-order valence-electron chi connectivity index (χ2n) is 1.59. The Morgan fingerprint density at radius 1 is 1.60 bits per heavy atom. The number of carbonyl (C=O) groups is 1. The van der Waals surface area contributed by atoms with Gasteiger partial charge in [-0.3, -0.25) is 4.79 Å². The number of hydrogen-bond donors (Lipinski definition) is 2. The Labute approximate surface area is 62.4 Å². The smallest absolute Gasteiger partial charge is 0.320 e. The molecule has 0 bridgehead atoms. The molecule has 10 heavy (non-hydrogen) atoms. The predicted octanol–water partition coefficient (Wildman–Crippen LogP) is 1.10. The Kier molecular flexibility index (Phi) is 10.2. The SMILES string of the molecule is CC.CCC(NC)C(=O)O. The van der Waals surface area contributed by atoms with E-state index >= 15 is 0 Å². The van der Waals surface area contributed by atoms with E-state index < -0.39 is 5.97 Å². The highest BCUT2D eigenvalue weighted by molar-refractivity contribution is 5.73. The van der Waals surface area contributed by atoms with Crippen molar-refractivity contribution < 1.29 is 9.90 Å². The lowest BCUT2D eigenvalue weighted by molar-refractivity contribution is -0.139. The van der Waals surface area contributed by atoms with Crippen LogP contribution in [0, 0.1) is 0 Å². The fourth-order valence-corrected chi connectivity index (χ4v) is 0.502. The second kappa shape index (κ2) is 8.43. The Morgan fingerprint density at radius 2 is 2.00 bits per heavy atom. The summed E-state index contributed by atoms with van der Waals surface area (Å²) in [7, 11) is 1.64. The molecule has 2 N–H and O–H groups in total. The largest absolute Gasteiger partial charge is 0.480 e. The van der Waals surface area contributed by atoms with Gasteiger partial charge in [-0.1, -0.05) is 20.8 Å². The lowest BCUT2D eigenvalue weighted by Gasteiger charge is -2.05. The minimum absolute atomic E-state index is 0.380. The number of hydrogen-bond acceptors (Lipinski definition) is 2. The van der Waals surface area contributed by atoms with Crippen molar-refractivity contribution >= 4 is 5.97 Å². The molecule has 0 aromatic rings. The molecule has 0 saturated carbocycles. The maximum Gasteiger partial charge on any atom is 0.320 e. The zero-order valence-electron chi connectivity index (χ0n) is 7.14. The zero-order valence-corrected chi connectivity index (χ0v) is 7.14. The van der Waals surface area contributed by atoms with Gasteiger partial charge in [-0.05, 0) is 13.5 Å². The second-order valence-corrected chi connectivity index (χ2v) is 1.59. The monoisotopic (exact) mass is 147 g/mol. The van der Waals surface area contributed by atoms with Crippen LogP contribution < -0.4 is 5.32 Å². The van der Waals surface area contributed by atoms with E-state index in [0.29, 0.717) is 6.42 Å². The topological polar surface area (TPSA) is 49.3 Å². The van der Waals surface area contributed by atoms with Gasteiger partial charge in [0, 0.05) is 0 Å². The predicted molar refractivity (Wildman–Crippen MR) is 42.1 cm³/mol. The Hall–Kier alpha value is -0.570. The van der Waals surface area contributed by atoms with Gasteiger partial charge >= 0.3 is 5.97 Å². The van der Waals surface area contributed by atoms with Gasteiger partial charge in [0.1, 0.15) is 6.04 Å². The van der Waals surface area contributed by atoms with Gasteiger partial charge < -0.3 is 10.4 Å². The maximum absolute atomic E-state index is 10.1. The average molecular weight is 147 g/mol. The molecule has 0 fully saturated rings. The number of nitrogens with one attached hydrogen (secondary N) is 1. The summed E-state index contributed by atoms with van der Waals surface area (Å²) in [5.74, 6) is -0.782. The Morgan fingerprint density at radius 3 is 2.00 bits per heavy atom. The van der Waals surface area contributed by atoms with Crippen molar-refractivity contribution in [3.8, 4) is 0 Å². The van der Waals surface area contributed by atoms with Gasteiger partial charge in [0.2, 0.25) is 0 Å². The van der Waals surface area contributed by atoms with Crippen LogP contribution in [0.2, 0.25) is 0 Å². The lowest BCUT2D eigenvalue weighted by atomic mass is 10.2. The van der Waals surface area contributed by atoms with E-state index in [1.807, 2.05) is 20.8 Å². The molecule has 1 atom stereocenters. The van der Waals surface area contributed by atoms with Crippen LogP contribution in [-0.2, 0) is 4.79 Å². The van der Waals surface area contributed by atoms with Gasteiger partial charge in [-0.15, -0.1) is 0 Å². The molecule has 0 aliphatic rings.